The number of nitrogens with zero attached hydrogens (tertiary/aromatic N) is 1. The molecule has 0 radical (unpaired) electrons. The van der Waals surface area contributed by atoms with Gasteiger partial charge in [-0.25, -0.2) is 4.79 Å². The third-order valence-corrected chi connectivity index (χ3v) is 1.22. The molecule has 0 aromatic rings. The van der Waals surface area contributed by atoms with E-state index >= 15 is 0 Å². The molecule has 0 fully saturated rings. The van der Waals surface area contributed by atoms with E-state index in [9.17, 15) is 4.79 Å². The van der Waals surface area contributed by atoms with Crippen molar-refractivity contribution >= 4 is 5.97 Å². The molecule has 0 aliphatic carbocycles. The number of rotatable bonds is 5. The first-order valence-electron chi connectivity index (χ1n) is 4.64. The number of esters is 1. The first kappa shape index (κ1) is 16.5. The van der Waals surface area contributed by atoms with Crippen LogP contribution in [0, 0.1) is 0 Å². The molecule has 0 aromatic carbocycles. The SMILES string of the molecule is C=C(C)C(=O)OCCN(C)C.OCCO. The topological polar surface area (TPSA) is 70.0 Å². The van der Waals surface area contributed by atoms with Crippen LogP contribution in [-0.2, 0) is 9.53 Å². The van der Waals surface area contributed by atoms with Crippen LogP contribution >= 0.6 is 0 Å². The number of carbonyl (C=O) groups excluding carboxylic acids is 1. The van der Waals surface area contributed by atoms with E-state index < -0.39 is 0 Å². The fourth-order valence-corrected chi connectivity index (χ4v) is 0.444. The molecule has 0 rings (SSSR count). The number of ether oxygens (including phenoxy) is 1. The Morgan fingerprint density at radius 2 is 1.80 bits per heavy atom. The van der Waals surface area contributed by atoms with E-state index in [1.54, 1.807) is 6.92 Å². The summed E-state index contributed by atoms with van der Waals surface area (Å²) in [5.74, 6) is -0.313. The number of hydrogen-bond acceptors (Lipinski definition) is 5. The quantitative estimate of drug-likeness (QED) is 0.488. The second kappa shape index (κ2) is 11.2. The molecule has 0 saturated carbocycles. The van der Waals surface area contributed by atoms with Crippen LogP contribution in [0.15, 0.2) is 12.2 Å². The van der Waals surface area contributed by atoms with Crippen molar-refractivity contribution in [2.75, 3.05) is 40.5 Å². The standard InChI is InChI=1S/C8H15NO2.C2H6O2/c1-7(2)8(10)11-6-5-9(3)4;3-1-2-4/h1,5-6H2,2-4H3;3-4H,1-2H2. The van der Waals surface area contributed by atoms with Crippen LogP contribution in [0.5, 0.6) is 0 Å². The van der Waals surface area contributed by atoms with Gasteiger partial charge in [-0.2, -0.15) is 0 Å². The van der Waals surface area contributed by atoms with Crippen molar-refractivity contribution in [1.82, 2.24) is 4.90 Å². The van der Waals surface area contributed by atoms with Gasteiger partial charge in [-0.15, -0.1) is 0 Å². The number of hydrogen-bond donors (Lipinski definition) is 2. The van der Waals surface area contributed by atoms with Crippen LogP contribution in [0.2, 0.25) is 0 Å². The molecule has 2 N–H and O–H groups in total. The highest BCUT2D eigenvalue weighted by Crippen LogP contribution is 1.91. The van der Waals surface area contributed by atoms with Crippen molar-refractivity contribution in [3.63, 3.8) is 0 Å². The van der Waals surface area contributed by atoms with Gasteiger partial charge in [-0.3, -0.25) is 0 Å². The molecular weight excluding hydrogens is 198 g/mol. The van der Waals surface area contributed by atoms with Gasteiger partial charge >= 0.3 is 5.97 Å². The molecule has 0 aliphatic rings. The largest absolute Gasteiger partial charge is 0.461 e. The lowest BCUT2D eigenvalue weighted by Gasteiger charge is -2.09. The molecule has 90 valence electrons. The number of aliphatic hydroxyl groups is 2. The van der Waals surface area contributed by atoms with Crippen molar-refractivity contribution in [3.05, 3.63) is 12.2 Å². The Balaban J connectivity index is 0. The maximum Gasteiger partial charge on any atom is 0.333 e. The van der Waals surface area contributed by atoms with E-state index in [4.69, 9.17) is 14.9 Å². The fourth-order valence-electron chi connectivity index (χ4n) is 0.444. The molecule has 0 amide bonds. The predicted molar refractivity (Wildman–Crippen MR) is 58.5 cm³/mol. The summed E-state index contributed by atoms with van der Waals surface area (Å²) in [6, 6.07) is 0. The van der Waals surface area contributed by atoms with Crippen molar-refractivity contribution in [2.45, 2.75) is 6.92 Å². The molecule has 0 aliphatic heterocycles. The molecule has 0 heterocycles. The second-order valence-electron chi connectivity index (χ2n) is 3.17. The van der Waals surface area contributed by atoms with Gasteiger partial charge < -0.3 is 19.8 Å². The van der Waals surface area contributed by atoms with Gasteiger partial charge in [0, 0.05) is 12.1 Å². The van der Waals surface area contributed by atoms with Crippen molar-refractivity contribution < 1.29 is 19.7 Å². The smallest absolute Gasteiger partial charge is 0.333 e. The molecule has 0 unspecified atom stereocenters. The van der Waals surface area contributed by atoms with Crippen LogP contribution in [0.1, 0.15) is 6.92 Å². The van der Waals surface area contributed by atoms with E-state index in [-0.39, 0.29) is 19.2 Å². The first-order valence-corrected chi connectivity index (χ1v) is 4.64. The predicted octanol–water partition coefficient (Wildman–Crippen LogP) is -0.362. The number of likely N-dealkylation sites (N-methyl/N-ethyl adjacent to an activating group) is 1. The zero-order chi connectivity index (χ0) is 12.3. The lowest BCUT2D eigenvalue weighted by Crippen LogP contribution is -2.20. The Bertz CT molecular complexity index is 178. The Labute approximate surface area is 91.0 Å². The molecule has 0 atom stereocenters. The minimum absolute atomic E-state index is 0.125. The lowest BCUT2D eigenvalue weighted by atomic mass is 10.4. The average molecular weight is 219 g/mol. The highest BCUT2D eigenvalue weighted by atomic mass is 16.5. The number of aliphatic hydroxyl groups excluding tert-OH is 2. The highest BCUT2D eigenvalue weighted by Gasteiger charge is 2.01. The summed E-state index contributed by atoms with van der Waals surface area (Å²) in [4.78, 5) is 12.7. The zero-order valence-electron chi connectivity index (χ0n) is 9.69. The van der Waals surface area contributed by atoms with E-state index in [0.29, 0.717) is 12.2 Å². The molecule has 15 heavy (non-hydrogen) atoms. The minimum Gasteiger partial charge on any atom is -0.461 e. The Kier molecular flexibility index (Phi) is 12.3. The van der Waals surface area contributed by atoms with Gasteiger partial charge in [0.1, 0.15) is 6.61 Å². The monoisotopic (exact) mass is 219 g/mol. The fraction of sp³-hybridized carbons (Fsp3) is 0.700. The molecule has 0 spiro atoms. The molecular formula is C10H21NO4. The maximum atomic E-state index is 10.8. The molecule has 5 heteroatoms. The maximum absolute atomic E-state index is 10.8. The van der Waals surface area contributed by atoms with Crippen LogP contribution in [0.4, 0.5) is 0 Å². The van der Waals surface area contributed by atoms with E-state index in [1.807, 2.05) is 19.0 Å². The van der Waals surface area contributed by atoms with Gasteiger partial charge in [0.25, 0.3) is 0 Å². The third-order valence-electron chi connectivity index (χ3n) is 1.22. The number of carbonyl (C=O) groups is 1. The summed E-state index contributed by atoms with van der Waals surface area (Å²) in [7, 11) is 3.85. The van der Waals surface area contributed by atoms with Gasteiger partial charge in [-0.1, -0.05) is 6.58 Å². The van der Waals surface area contributed by atoms with E-state index in [2.05, 4.69) is 6.58 Å². The lowest BCUT2D eigenvalue weighted by molar-refractivity contribution is -0.139. The molecule has 0 aromatic heterocycles. The average Bonchev–Trinajstić information content (AvgIpc) is 2.17. The zero-order valence-corrected chi connectivity index (χ0v) is 9.69. The van der Waals surface area contributed by atoms with E-state index in [1.165, 1.54) is 0 Å². The van der Waals surface area contributed by atoms with Gasteiger partial charge in [0.05, 0.1) is 13.2 Å². The Morgan fingerprint density at radius 3 is 2.07 bits per heavy atom. The minimum atomic E-state index is -0.313. The van der Waals surface area contributed by atoms with Gasteiger partial charge in [-0.05, 0) is 21.0 Å². The van der Waals surface area contributed by atoms with Crippen LogP contribution < -0.4 is 0 Å². The first-order chi connectivity index (χ1) is 6.95. The normalized spacial score (nSPS) is 9.20. The van der Waals surface area contributed by atoms with Gasteiger partial charge in [0.15, 0.2) is 0 Å². The van der Waals surface area contributed by atoms with Crippen molar-refractivity contribution in [2.24, 2.45) is 0 Å². The van der Waals surface area contributed by atoms with Crippen LogP contribution in [0.3, 0.4) is 0 Å². The van der Waals surface area contributed by atoms with Gasteiger partial charge in [0.2, 0.25) is 0 Å². The second-order valence-corrected chi connectivity index (χ2v) is 3.17. The molecule has 0 saturated heterocycles. The third kappa shape index (κ3) is 15.8. The van der Waals surface area contributed by atoms with Crippen LogP contribution in [0.25, 0.3) is 0 Å². The summed E-state index contributed by atoms with van der Waals surface area (Å²) < 4.78 is 4.83. The summed E-state index contributed by atoms with van der Waals surface area (Å²) in [5.41, 5.74) is 0.448. The summed E-state index contributed by atoms with van der Waals surface area (Å²) in [5, 5.41) is 15.2. The summed E-state index contributed by atoms with van der Waals surface area (Å²) in [6.07, 6.45) is 0. The van der Waals surface area contributed by atoms with Crippen LogP contribution in [-0.4, -0.2) is 61.5 Å². The molecule has 0 bridgehead atoms. The Morgan fingerprint density at radius 1 is 1.33 bits per heavy atom. The van der Waals surface area contributed by atoms with Crippen molar-refractivity contribution in [3.8, 4) is 0 Å². The summed E-state index contributed by atoms with van der Waals surface area (Å²) in [6.45, 7) is 6.03. The van der Waals surface area contributed by atoms with Crippen molar-refractivity contribution in [1.29, 1.82) is 0 Å². The summed E-state index contributed by atoms with van der Waals surface area (Å²) >= 11 is 0. The van der Waals surface area contributed by atoms with E-state index in [0.717, 1.165) is 6.54 Å². The Hall–Kier alpha value is -0.910. The molecule has 5 nitrogen and oxygen atoms in total. The highest BCUT2D eigenvalue weighted by molar-refractivity contribution is 5.86.